The van der Waals surface area contributed by atoms with Gasteiger partial charge in [0.25, 0.3) is 0 Å². The molecule has 0 aliphatic rings. The van der Waals surface area contributed by atoms with Crippen LogP contribution in [0.15, 0.2) is 17.2 Å². The van der Waals surface area contributed by atoms with E-state index in [9.17, 15) is 14.9 Å². The van der Waals surface area contributed by atoms with Crippen molar-refractivity contribution < 1.29 is 4.92 Å². The fourth-order valence-electron chi connectivity index (χ4n) is 1.55. The summed E-state index contributed by atoms with van der Waals surface area (Å²) in [5.74, 6) is -0.0793. The molecule has 0 radical (unpaired) electrons. The van der Waals surface area contributed by atoms with Crippen molar-refractivity contribution in [2.24, 2.45) is 0 Å². The molecule has 17 heavy (non-hydrogen) atoms. The number of aromatic amines is 1. The fraction of sp³-hybridized carbons (Fsp3) is 0.222. The third-order valence-corrected chi connectivity index (χ3v) is 2.20. The Morgan fingerprint density at radius 3 is 2.71 bits per heavy atom. The predicted octanol–water partition coefficient (Wildman–Crippen LogP) is 0.481. The molecule has 1 N–H and O–H groups in total. The van der Waals surface area contributed by atoms with Crippen molar-refractivity contribution in [2.75, 3.05) is 0 Å². The number of nitrogens with one attached hydrogen (secondary N) is 1. The van der Waals surface area contributed by atoms with Crippen LogP contribution in [0.5, 0.6) is 0 Å². The Morgan fingerprint density at radius 1 is 1.47 bits per heavy atom. The predicted molar refractivity (Wildman–Crippen MR) is 58.1 cm³/mol. The van der Waals surface area contributed by atoms with E-state index in [4.69, 9.17) is 0 Å². The number of H-pyrrole nitrogens is 1. The first-order chi connectivity index (χ1) is 8.00. The highest BCUT2D eigenvalue weighted by atomic mass is 16.6. The van der Waals surface area contributed by atoms with Crippen molar-refractivity contribution in [2.45, 2.75) is 13.8 Å². The molecule has 2 aromatic rings. The molecule has 0 aromatic carbocycles. The van der Waals surface area contributed by atoms with Crippen LogP contribution in [0.1, 0.15) is 11.4 Å². The third-order valence-electron chi connectivity index (χ3n) is 2.20. The smallest absolute Gasteiger partial charge is 0.307 e. The molecule has 2 rings (SSSR count). The maximum atomic E-state index is 11.4. The molecule has 0 saturated heterocycles. The molecule has 0 unspecified atom stereocenters. The van der Waals surface area contributed by atoms with Crippen LogP contribution in [-0.4, -0.2) is 24.7 Å². The molecule has 0 spiro atoms. The standard InChI is InChI=1S/C9H9N5O3/c1-5-3-6(2)13(12-5)8-7(14(16)17)9(15)11-4-10-8/h3-4H,1-2H3,(H,10,11,15). The third kappa shape index (κ3) is 1.80. The van der Waals surface area contributed by atoms with Gasteiger partial charge in [0.2, 0.25) is 5.82 Å². The largest absolute Gasteiger partial charge is 0.378 e. The van der Waals surface area contributed by atoms with Crippen LogP contribution < -0.4 is 5.56 Å². The molecule has 0 bridgehead atoms. The average molecular weight is 235 g/mol. The van der Waals surface area contributed by atoms with Crippen LogP contribution in [-0.2, 0) is 0 Å². The second-order valence-corrected chi connectivity index (χ2v) is 3.50. The number of rotatable bonds is 2. The van der Waals surface area contributed by atoms with Gasteiger partial charge < -0.3 is 4.98 Å². The van der Waals surface area contributed by atoms with Crippen LogP contribution in [0.25, 0.3) is 5.82 Å². The van der Waals surface area contributed by atoms with E-state index in [0.717, 1.165) is 6.33 Å². The lowest BCUT2D eigenvalue weighted by Crippen LogP contribution is -2.17. The number of hydrogen-bond acceptors (Lipinski definition) is 5. The lowest BCUT2D eigenvalue weighted by atomic mass is 10.4. The summed E-state index contributed by atoms with van der Waals surface area (Å²) >= 11 is 0. The first-order valence-corrected chi connectivity index (χ1v) is 4.76. The first kappa shape index (κ1) is 11.0. The molecule has 2 heterocycles. The van der Waals surface area contributed by atoms with Gasteiger partial charge in [-0.25, -0.2) is 9.67 Å². The number of nitrogens with zero attached hydrogens (tertiary/aromatic N) is 4. The van der Waals surface area contributed by atoms with E-state index >= 15 is 0 Å². The molecule has 2 aromatic heterocycles. The molecule has 8 heteroatoms. The summed E-state index contributed by atoms with van der Waals surface area (Å²) < 4.78 is 1.28. The minimum atomic E-state index is -0.799. The number of aryl methyl sites for hydroxylation is 2. The van der Waals surface area contributed by atoms with Gasteiger partial charge in [-0.05, 0) is 19.9 Å². The van der Waals surface area contributed by atoms with Crippen LogP contribution in [0, 0.1) is 24.0 Å². The zero-order valence-corrected chi connectivity index (χ0v) is 9.17. The highest BCUT2D eigenvalue weighted by molar-refractivity contribution is 5.44. The second-order valence-electron chi connectivity index (χ2n) is 3.50. The second kappa shape index (κ2) is 3.81. The molecule has 88 valence electrons. The van der Waals surface area contributed by atoms with Gasteiger partial charge in [0.15, 0.2) is 0 Å². The summed E-state index contributed by atoms with van der Waals surface area (Å²) in [6.07, 6.45) is 1.11. The Hall–Kier alpha value is -2.51. The van der Waals surface area contributed by atoms with E-state index in [1.165, 1.54) is 4.68 Å². The van der Waals surface area contributed by atoms with Gasteiger partial charge >= 0.3 is 11.2 Å². The SMILES string of the molecule is Cc1cc(C)n(-c2nc[nH]c(=O)c2[N+](=O)[O-])n1. The minimum absolute atomic E-state index is 0.0793. The zero-order chi connectivity index (χ0) is 12.6. The van der Waals surface area contributed by atoms with E-state index in [1.54, 1.807) is 19.9 Å². The van der Waals surface area contributed by atoms with Crippen molar-refractivity contribution in [1.29, 1.82) is 0 Å². The van der Waals surface area contributed by atoms with E-state index in [-0.39, 0.29) is 5.82 Å². The Kier molecular flexibility index (Phi) is 2.47. The number of aromatic nitrogens is 4. The van der Waals surface area contributed by atoms with E-state index in [2.05, 4.69) is 15.1 Å². The van der Waals surface area contributed by atoms with E-state index in [0.29, 0.717) is 11.4 Å². The summed E-state index contributed by atoms with van der Waals surface area (Å²) in [6.45, 7) is 3.48. The Bertz CT molecular complexity index is 642. The molecule has 0 fully saturated rings. The van der Waals surface area contributed by atoms with Crippen molar-refractivity contribution in [3.05, 3.63) is 44.2 Å². The van der Waals surface area contributed by atoms with Crippen molar-refractivity contribution >= 4 is 5.69 Å². The maximum Gasteiger partial charge on any atom is 0.378 e. The highest BCUT2D eigenvalue weighted by Gasteiger charge is 2.23. The van der Waals surface area contributed by atoms with Crippen LogP contribution >= 0.6 is 0 Å². The monoisotopic (exact) mass is 235 g/mol. The molecule has 8 nitrogen and oxygen atoms in total. The van der Waals surface area contributed by atoms with Gasteiger partial charge in [-0.15, -0.1) is 0 Å². The maximum absolute atomic E-state index is 11.4. The summed E-state index contributed by atoms with van der Waals surface area (Å²) in [7, 11) is 0. The van der Waals surface area contributed by atoms with Gasteiger partial charge in [-0.3, -0.25) is 14.9 Å². The van der Waals surface area contributed by atoms with Gasteiger partial charge in [-0.2, -0.15) is 5.10 Å². The summed E-state index contributed by atoms with van der Waals surface area (Å²) in [5.41, 5.74) is -0.0474. The van der Waals surface area contributed by atoms with Gasteiger partial charge in [-0.1, -0.05) is 0 Å². The highest BCUT2D eigenvalue weighted by Crippen LogP contribution is 2.16. The molecule has 0 atom stereocenters. The Morgan fingerprint density at radius 2 is 2.18 bits per heavy atom. The molecule has 0 aliphatic heterocycles. The molecular formula is C9H9N5O3. The van der Waals surface area contributed by atoms with Gasteiger partial charge in [0.1, 0.15) is 0 Å². The number of nitro groups is 1. The van der Waals surface area contributed by atoms with Crippen molar-refractivity contribution in [1.82, 2.24) is 19.7 Å². The Labute approximate surface area is 95.1 Å². The fourth-order valence-corrected chi connectivity index (χ4v) is 1.55. The molecule has 0 aliphatic carbocycles. The average Bonchev–Trinajstić information content (AvgIpc) is 2.56. The molecule has 0 saturated carbocycles. The summed E-state index contributed by atoms with van der Waals surface area (Å²) in [6, 6.07) is 1.74. The van der Waals surface area contributed by atoms with E-state index in [1.807, 2.05) is 0 Å². The number of hydrogen-bond donors (Lipinski definition) is 1. The molecule has 0 amide bonds. The van der Waals surface area contributed by atoms with Crippen LogP contribution in [0.3, 0.4) is 0 Å². The van der Waals surface area contributed by atoms with Crippen molar-refractivity contribution in [3.8, 4) is 5.82 Å². The van der Waals surface area contributed by atoms with Crippen molar-refractivity contribution in [3.63, 3.8) is 0 Å². The Balaban J connectivity index is 2.76. The lowest BCUT2D eigenvalue weighted by molar-refractivity contribution is -0.386. The summed E-state index contributed by atoms with van der Waals surface area (Å²) in [5, 5.41) is 14.9. The first-order valence-electron chi connectivity index (χ1n) is 4.76. The van der Waals surface area contributed by atoms with Gasteiger partial charge in [0.05, 0.1) is 16.9 Å². The minimum Gasteiger partial charge on any atom is -0.307 e. The van der Waals surface area contributed by atoms with Gasteiger partial charge in [0, 0.05) is 5.69 Å². The molecular weight excluding hydrogens is 226 g/mol. The normalized spacial score (nSPS) is 10.5. The van der Waals surface area contributed by atoms with Crippen LogP contribution in [0.2, 0.25) is 0 Å². The summed E-state index contributed by atoms with van der Waals surface area (Å²) in [4.78, 5) is 27.4. The quantitative estimate of drug-likeness (QED) is 0.601. The zero-order valence-electron chi connectivity index (χ0n) is 9.17. The van der Waals surface area contributed by atoms with Crippen LogP contribution in [0.4, 0.5) is 5.69 Å². The van der Waals surface area contributed by atoms with E-state index < -0.39 is 16.2 Å². The lowest BCUT2D eigenvalue weighted by Gasteiger charge is -2.02. The topological polar surface area (TPSA) is 107 Å².